The Bertz CT molecular complexity index is 715. The lowest BCUT2D eigenvalue weighted by Crippen LogP contribution is -2.42. The molecule has 1 aliphatic carbocycles. The molecule has 0 saturated carbocycles. The van der Waals surface area contributed by atoms with E-state index in [2.05, 4.69) is 22.8 Å². The van der Waals surface area contributed by atoms with Crippen molar-refractivity contribution in [3.05, 3.63) is 42.0 Å². The van der Waals surface area contributed by atoms with Gasteiger partial charge in [0.1, 0.15) is 5.75 Å². The number of carbonyl (C=O) groups excluding carboxylic acids is 2. The first-order valence-corrected chi connectivity index (χ1v) is 9.76. The third-order valence-electron chi connectivity index (χ3n) is 6.05. The largest absolute Gasteiger partial charge is 0.497 e. The normalized spacial score (nSPS) is 29.4. The smallest absolute Gasteiger partial charge is 0.251 e. The number of methoxy groups -OCH3 is 1. The van der Waals surface area contributed by atoms with Gasteiger partial charge in [-0.05, 0) is 55.4 Å². The molecule has 6 nitrogen and oxygen atoms in total. The summed E-state index contributed by atoms with van der Waals surface area (Å²) in [6.45, 7) is 2.37. The summed E-state index contributed by atoms with van der Waals surface area (Å²) in [6, 6.07) is 6.82. The topological polar surface area (TPSA) is 70.7 Å². The van der Waals surface area contributed by atoms with Crippen molar-refractivity contribution < 1.29 is 14.3 Å². The maximum absolute atomic E-state index is 12.9. The fourth-order valence-corrected chi connectivity index (χ4v) is 4.46. The number of hydrogen-bond acceptors (Lipinski definition) is 4. The molecule has 3 aliphatic rings. The standard InChI is InChI=1S/C21H27N3O3/c1-27-18-8-6-14(7-9-18)20(25)23-17-10-19(22-11-17)21(26)24-12-15-4-2-3-5-16(15)13-24/h2-3,6-9,15-17,19,22H,4-5,10-13H2,1H3,(H,23,25)/t15-,16+,17-,19+/m1/s1. The van der Waals surface area contributed by atoms with Crippen molar-refractivity contribution in [2.45, 2.75) is 31.3 Å². The molecule has 0 bridgehead atoms. The van der Waals surface area contributed by atoms with Crippen molar-refractivity contribution in [3.63, 3.8) is 0 Å². The van der Waals surface area contributed by atoms with E-state index in [9.17, 15) is 9.59 Å². The predicted octanol–water partition coefficient (Wildman–Crippen LogP) is 1.58. The third-order valence-corrected chi connectivity index (χ3v) is 6.05. The van der Waals surface area contributed by atoms with Gasteiger partial charge in [0.2, 0.25) is 5.91 Å². The molecule has 1 aromatic rings. The zero-order valence-corrected chi connectivity index (χ0v) is 15.7. The Hall–Kier alpha value is -2.34. The number of amides is 2. The van der Waals surface area contributed by atoms with Gasteiger partial charge in [0.25, 0.3) is 5.91 Å². The quantitative estimate of drug-likeness (QED) is 0.791. The van der Waals surface area contributed by atoms with E-state index in [0.717, 1.165) is 31.7 Å². The Balaban J connectivity index is 1.29. The Morgan fingerprint density at radius 3 is 2.41 bits per heavy atom. The third kappa shape index (κ3) is 3.86. The Morgan fingerprint density at radius 1 is 1.11 bits per heavy atom. The van der Waals surface area contributed by atoms with Gasteiger partial charge in [-0.25, -0.2) is 0 Å². The first-order valence-electron chi connectivity index (χ1n) is 9.76. The fourth-order valence-electron chi connectivity index (χ4n) is 4.46. The number of hydrogen-bond donors (Lipinski definition) is 2. The molecule has 2 aliphatic heterocycles. The van der Waals surface area contributed by atoms with Gasteiger partial charge in [-0.3, -0.25) is 9.59 Å². The Morgan fingerprint density at radius 2 is 1.78 bits per heavy atom. The molecule has 1 aromatic carbocycles. The van der Waals surface area contributed by atoms with E-state index in [-0.39, 0.29) is 23.9 Å². The lowest BCUT2D eigenvalue weighted by molar-refractivity contribution is -0.132. The van der Waals surface area contributed by atoms with Crippen molar-refractivity contribution in [2.24, 2.45) is 11.8 Å². The van der Waals surface area contributed by atoms with E-state index in [0.29, 0.717) is 30.4 Å². The van der Waals surface area contributed by atoms with Gasteiger partial charge >= 0.3 is 0 Å². The average Bonchev–Trinajstić information content (AvgIpc) is 3.34. The number of nitrogens with zero attached hydrogens (tertiary/aromatic N) is 1. The first-order chi connectivity index (χ1) is 13.1. The minimum atomic E-state index is -0.195. The van der Waals surface area contributed by atoms with Crippen LogP contribution in [0.5, 0.6) is 5.75 Å². The maximum Gasteiger partial charge on any atom is 0.251 e. The van der Waals surface area contributed by atoms with Gasteiger partial charge in [0.15, 0.2) is 0 Å². The van der Waals surface area contributed by atoms with E-state index in [4.69, 9.17) is 4.74 Å². The van der Waals surface area contributed by atoms with Crippen molar-refractivity contribution in [1.29, 1.82) is 0 Å². The lowest BCUT2D eigenvalue weighted by atomic mass is 9.86. The number of rotatable bonds is 4. The van der Waals surface area contributed by atoms with Crippen LogP contribution in [0.1, 0.15) is 29.6 Å². The summed E-state index contributed by atoms with van der Waals surface area (Å²) >= 11 is 0. The number of ether oxygens (including phenoxy) is 1. The summed E-state index contributed by atoms with van der Waals surface area (Å²) in [5, 5.41) is 6.33. The van der Waals surface area contributed by atoms with Crippen LogP contribution in [-0.4, -0.2) is 55.5 Å². The molecule has 2 fully saturated rings. The second kappa shape index (κ2) is 7.72. The van der Waals surface area contributed by atoms with Crippen LogP contribution in [0.4, 0.5) is 0 Å². The van der Waals surface area contributed by atoms with Gasteiger partial charge in [-0.1, -0.05) is 12.2 Å². The average molecular weight is 369 g/mol. The van der Waals surface area contributed by atoms with Crippen LogP contribution in [0, 0.1) is 11.8 Å². The Kier molecular flexibility index (Phi) is 5.16. The highest BCUT2D eigenvalue weighted by Gasteiger charge is 2.39. The van der Waals surface area contributed by atoms with E-state index in [1.165, 1.54) is 0 Å². The molecule has 144 valence electrons. The van der Waals surface area contributed by atoms with E-state index < -0.39 is 0 Å². The second-order valence-electron chi connectivity index (χ2n) is 7.80. The van der Waals surface area contributed by atoms with Crippen molar-refractivity contribution in [3.8, 4) is 5.75 Å². The van der Waals surface area contributed by atoms with Crippen molar-refractivity contribution >= 4 is 11.8 Å². The molecule has 4 rings (SSSR count). The van der Waals surface area contributed by atoms with E-state index >= 15 is 0 Å². The van der Waals surface area contributed by atoms with E-state index in [1.807, 2.05) is 4.90 Å². The summed E-state index contributed by atoms with van der Waals surface area (Å²) in [6.07, 6.45) is 7.31. The first kappa shape index (κ1) is 18.0. The number of likely N-dealkylation sites (tertiary alicyclic amines) is 1. The zero-order chi connectivity index (χ0) is 18.8. The molecule has 2 saturated heterocycles. The van der Waals surface area contributed by atoms with Crippen LogP contribution in [0.25, 0.3) is 0 Å². The molecule has 0 spiro atoms. The van der Waals surface area contributed by atoms with Crippen LogP contribution >= 0.6 is 0 Å². The number of carbonyl (C=O) groups is 2. The molecule has 2 heterocycles. The maximum atomic E-state index is 12.9. The molecule has 0 aromatic heterocycles. The lowest BCUT2D eigenvalue weighted by Gasteiger charge is -2.20. The summed E-state index contributed by atoms with van der Waals surface area (Å²) in [5.41, 5.74) is 0.599. The SMILES string of the molecule is COc1ccc(C(=O)N[C@H]2CN[C@H](C(=O)N3C[C@H]4CC=CC[C@H]4C3)C2)cc1. The number of nitrogens with one attached hydrogen (secondary N) is 2. The van der Waals surface area contributed by atoms with Gasteiger partial charge in [0, 0.05) is 31.2 Å². The molecular weight excluding hydrogens is 342 g/mol. The van der Waals surface area contributed by atoms with Crippen LogP contribution in [0.15, 0.2) is 36.4 Å². The zero-order valence-electron chi connectivity index (χ0n) is 15.7. The van der Waals surface area contributed by atoms with Crippen molar-refractivity contribution in [2.75, 3.05) is 26.7 Å². The predicted molar refractivity (Wildman–Crippen MR) is 103 cm³/mol. The fraction of sp³-hybridized carbons (Fsp3) is 0.524. The molecule has 27 heavy (non-hydrogen) atoms. The van der Waals surface area contributed by atoms with Crippen LogP contribution < -0.4 is 15.4 Å². The molecular formula is C21H27N3O3. The molecule has 2 N–H and O–H groups in total. The highest BCUT2D eigenvalue weighted by atomic mass is 16.5. The number of allylic oxidation sites excluding steroid dienone is 2. The highest BCUT2D eigenvalue weighted by molar-refractivity contribution is 5.94. The number of benzene rings is 1. The molecule has 6 heteroatoms. The van der Waals surface area contributed by atoms with Crippen LogP contribution in [0.3, 0.4) is 0 Å². The van der Waals surface area contributed by atoms with Gasteiger partial charge in [0.05, 0.1) is 13.2 Å². The minimum Gasteiger partial charge on any atom is -0.497 e. The van der Waals surface area contributed by atoms with Gasteiger partial charge < -0.3 is 20.3 Å². The van der Waals surface area contributed by atoms with E-state index in [1.54, 1.807) is 31.4 Å². The summed E-state index contributed by atoms with van der Waals surface area (Å²) in [7, 11) is 1.60. The summed E-state index contributed by atoms with van der Waals surface area (Å²) in [4.78, 5) is 27.3. The highest BCUT2D eigenvalue weighted by Crippen LogP contribution is 2.33. The summed E-state index contributed by atoms with van der Waals surface area (Å²) in [5.74, 6) is 2.03. The summed E-state index contributed by atoms with van der Waals surface area (Å²) < 4.78 is 5.12. The monoisotopic (exact) mass is 369 g/mol. The number of fused-ring (bicyclic) bond motifs is 1. The van der Waals surface area contributed by atoms with Crippen molar-refractivity contribution in [1.82, 2.24) is 15.5 Å². The molecule has 4 atom stereocenters. The second-order valence-corrected chi connectivity index (χ2v) is 7.80. The minimum absolute atomic E-state index is 0.0277. The molecule has 2 amide bonds. The van der Waals surface area contributed by atoms with Gasteiger partial charge in [-0.2, -0.15) is 0 Å². The van der Waals surface area contributed by atoms with Crippen LogP contribution in [-0.2, 0) is 4.79 Å². The van der Waals surface area contributed by atoms with Gasteiger partial charge in [-0.15, -0.1) is 0 Å². The molecule has 0 unspecified atom stereocenters. The Labute approximate surface area is 159 Å². The van der Waals surface area contributed by atoms with Crippen LogP contribution in [0.2, 0.25) is 0 Å². The molecule has 0 radical (unpaired) electrons.